The topological polar surface area (TPSA) is 49.4 Å². The molecule has 0 bridgehead atoms. The summed E-state index contributed by atoms with van der Waals surface area (Å²) in [5.74, 6) is -0.00868. The number of rotatable bonds is 4. The second kappa shape index (κ2) is 6.93. The number of amides is 2. The first-order chi connectivity index (χ1) is 11.5. The van der Waals surface area contributed by atoms with E-state index < -0.39 is 0 Å². The van der Waals surface area contributed by atoms with E-state index in [4.69, 9.17) is 0 Å². The summed E-state index contributed by atoms with van der Waals surface area (Å²) in [4.78, 5) is 26.6. The number of carbonyl (C=O) groups excluding carboxylic acids is 2. The molecule has 2 aromatic carbocycles. The lowest BCUT2D eigenvalue weighted by Gasteiger charge is -2.20. The molecule has 1 N–H and O–H groups in total. The van der Waals surface area contributed by atoms with Crippen molar-refractivity contribution in [3.63, 3.8) is 0 Å². The van der Waals surface area contributed by atoms with Crippen LogP contribution in [0.25, 0.3) is 0 Å². The number of para-hydroxylation sites is 1. The molecule has 0 atom stereocenters. The van der Waals surface area contributed by atoms with Gasteiger partial charge in [0.25, 0.3) is 5.91 Å². The Hall–Kier alpha value is -1.89. The first-order valence-electron chi connectivity index (χ1n) is 7.91. The first-order valence-corrected chi connectivity index (χ1v) is 8.99. The summed E-state index contributed by atoms with van der Waals surface area (Å²) in [6.07, 6.45) is 1.89. The SMILES string of the molecule is Cc1ccc(NC(=O)c2ccccc2N(C)C(=O)C2CC2)cc1I. The molecule has 5 heteroatoms. The van der Waals surface area contributed by atoms with Crippen LogP contribution >= 0.6 is 22.6 Å². The molecule has 2 amide bonds. The Bertz CT molecular complexity index is 800. The van der Waals surface area contributed by atoms with Crippen molar-refractivity contribution in [2.24, 2.45) is 5.92 Å². The molecule has 24 heavy (non-hydrogen) atoms. The smallest absolute Gasteiger partial charge is 0.257 e. The fourth-order valence-electron chi connectivity index (χ4n) is 2.55. The van der Waals surface area contributed by atoms with E-state index in [0.29, 0.717) is 11.3 Å². The Labute approximate surface area is 155 Å². The lowest BCUT2D eigenvalue weighted by molar-refractivity contribution is -0.119. The first kappa shape index (κ1) is 17.0. The number of nitrogens with zero attached hydrogens (tertiary/aromatic N) is 1. The van der Waals surface area contributed by atoms with Gasteiger partial charge in [0, 0.05) is 22.2 Å². The van der Waals surface area contributed by atoms with Gasteiger partial charge in [-0.15, -0.1) is 0 Å². The molecule has 1 aliphatic carbocycles. The molecule has 1 saturated carbocycles. The standard InChI is InChI=1S/C19H19IN2O2/c1-12-7-10-14(11-16(12)20)21-18(23)15-5-3-4-6-17(15)22(2)19(24)13-8-9-13/h3-7,10-11,13H,8-9H2,1-2H3,(H,21,23). The molecule has 1 fully saturated rings. The number of hydrogen-bond donors (Lipinski definition) is 1. The van der Waals surface area contributed by atoms with Crippen LogP contribution in [-0.4, -0.2) is 18.9 Å². The van der Waals surface area contributed by atoms with Crippen LogP contribution in [0.1, 0.15) is 28.8 Å². The molecule has 0 saturated heterocycles. The van der Waals surface area contributed by atoms with Crippen LogP contribution in [0.15, 0.2) is 42.5 Å². The zero-order valence-electron chi connectivity index (χ0n) is 13.7. The summed E-state index contributed by atoms with van der Waals surface area (Å²) in [6.45, 7) is 2.03. The van der Waals surface area contributed by atoms with Crippen LogP contribution in [-0.2, 0) is 4.79 Å². The van der Waals surface area contributed by atoms with Gasteiger partial charge in [0.1, 0.15) is 0 Å². The highest BCUT2D eigenvalue weighted by Gasteiger charge is 2.33. The number of hydrogen-bond acceptors (Lipinski definition) is 2. The van der Waals surface area contributed by atoms with Crippen molar-refractivity contribution in [3.05, 3.63) is 57.2 Å². The fraction of sp³-hybridized carbons (Fsp3) is 0.263. The molecule has 2 aromatic rings. The van der Waals surface area contributed by atoms with E-state index in [9.17, 15) is 9.59 Å². The normalized spacial score (nSPS) is 13.5. The minimum absolute atomic E-state index is 0.0835. The van der Waals surface area contributed by atoms with Crippen molar-refractivity contribution in [2.75, 3.05) is 17.3 Å². The van der Waals surface area contributed by atoms with Gasteiger partial charge < -0.3 is 10.2 Å². The van der Waals surface area contributed by atoms with E-state index >= 15 is 0 Å². The highest BCUT2D eigenvalue weighted by Crippen LogP contribution is 2.33. The van der Waals surface area contributed by atoms with E-state index in [2.05, 4.69) is 27.9 Å². The van der Waals surface area contributed by atoms with E-state index in [-0.39, 0.29) is 17.7 Å². The number of benzene rings is 2. The third-order valence-electron chi connectivity index (χ3n) is 4.20. The molecule has 0 unspecified atom stereocenters. The highest BCUT2D eigenvalue weighted by atomic mass is 127. The van der Waals surface area contributed by atoms with Gasteiger partial charge in [-0.1, -0.05) is 18.2 Å². The maximum atomic E-state index is 12.7. The van der Waals surface area contributed by atoms with Gasteiger partial charge >= 0.3 is 0 Å². The second-order valence-corrected chi connectivity index (χ2v) is 7.27. The van der Waals surface area contributed by atoms with Gasteiger partial charge in [-0.25, -0.2) is 0 Å². The van der Waals surface area contributed by atoms with Crippen molar-refractivity contribution >= 4 is 45.8 Å². The maximum absolute atomic E-state index is 12.7. The second-order valence-electron chi connectivity index (χ2n) is 6.11. The predicted molar refractivity (Wildman–Crippen MR) is 104 cm³/mol. The summed E-state index contributed by atoms with van der Waals surface area (Å²) in [5, 5.41) is 2.92. The Morgan fingerprint density at radius 3 is 2.54 bits per heavy atom. The van der Waals surface area contributed by atoms with Crippen LogP contribution < -0.4 is 10.2 Å². The molecule has 3 rings (SSSR count). The van der Waals surface area contributed by atoms with Crippen molar-refractivity contribution in [1.29, 1.82) is 0 Å². The lowest BCUT2D eigenvalue weighted by Crippen LogP contribution is -2.29. The van der Waals surface area contributed by atoms with Gasteiger partial charge in [-0.3, -0.25) is 9.59 Å². The molecular weight excluding hydrogens is 415 g/mol. The Balaban J connectivity index is 1.84. The van der Waals surface area contributed by atoms with Gasteiger partial charge in [-0.2, -0.15) is 0 Å². The molecule has 0 spiro atoms. The minimum atomic E-state index is -0.208. The number of aryl methyl sites for hydroxylation is 1. The van der Waals surface area contributed by atoms with E-state index in [1.807, 2.05) is 43.3 Å². The minimum Gasteiger partial charge on any atom is -0.322 e. The van der Waals surface area contributed by atoms with E-state index in [1.165, 1.54) is 5.56 Å². The number of nitrogens with one attached hydrogen (secondary N) is 1. The lowest BCUT2D eigenvalue weighted by atomic mass is 10.1. The van der Waals surface area contributed by atoms with Crippen LogP contribution in [0.5, 0.6) is 0 Å². The predicted octanol–water partition coefficient (Wildman–Crippen LogP) is 4.22. The van der Waals surface area contributed by atoms with Crippen molar-refractivity contribution in [3.8, 4) is 0 Å². The fourth-order valence-corrected chi connectivity index (χ4v) is 3.07. The van der Waals surface area contributed by atoms with Crippen LogP contribution in [0.2, 0.25) is 0 Å². The number of anilines is 2. The molecule has 0 aliphatic heterocycles. The average Bonchev–Trinajstić information content (AvgIpc) is 3.42. The molecule has 124 valence electrons. The van der Waals surface area contributed by atoms with Gasteiger partial charge in [-0.05, 0) is 72.2 Å². The number of carbonyl (C=O) groups is 2. The maximum Gasteiger partial charge on any atom is 0.257 e. The zero-order chi connectivity index (χ0) is 17.3. The largest absolute Gasteiger partial charge is 0.322 e. The van der Waals surface area contributed by atoms with E-state index in [1.54, 1.807) is 18.0 Å². The monoisotopic (exact) mass is 434 g/mol. The average molecular weight is 434 g/mol. The van der Waals surface area contributed by atoms with Gasteiger partial charge in [0.2, 0.25) is 5.91 Å². The molecule has 0 aromatic heterocycles. The van der Waals surface area contributed by atoms with Crippen molar-refractivity contribution in [1.82, 2.24) is 0 Å². The number of halogens is 1. The summed E-state index contributed by atoms with van der Waals surface area (Å²) < 4.78 is 1.10. The van der Waals surface area contributed by atoms with Crippen molar-refractivity contribution in [2.45, 2.75) is 19.8 Å². The summed E-state index contributed by atoms with van der Waals surface area (Å²) >= 11 is 2.25. The summed E-state index contributed by atoms with van der Waals surface area (Å²) in [7, 11) is 1.74. The highest BCUT2D eigenvalue weighted by molar-refractivity contribution is 14.1. The molecule has 0 heterocycles. The Kier molecular flexibility index (Phi) is 4.89. The van der Waals surface area contributed by atoms with Crippen LogP contribution in [0, 0.1) is 16.4 Å². The van der Waals surface area contributed by atoms with Gasteiger partial charge in [0.05, 0.1) is 11.3 Å². The van der Waals surface area contributed by atoms with Crippen molar-refractivity contribution < 1.29 is 9.59 Å². The van der Waals surface area contributed by atoms with E-state index in [0.717, 1.165) is 22.1 Å². The summed E-state index contributed by atoms with van der Waals surface area (Å²) in [6, 6.07) is 13.0. The summed E-state index contributed by atoms with van der Waals surface area (Å²) in [5.41, 5.74) is 3.07. The third-order valence-corrected chi connectivity index (χ3v) is 5.36. The molecule has 1 aliphatic rings. The molecule has 4 nitrogen and oxygen atoms in total. The molecular formula is C19H19IN2O2. The Morgan fingerprint density at radius 1 is 1.17 bits per heavy atom. The van der Waals surface area contributed by atoms with Gasteiger partial charge in [0.15, 0.2) is 0 Å². The molecule has 0 radical (unpaired) electrons. The van der Waals surface area contributed by atoms with Crippen LogP contribution in [0.3, 0.4) is 0 Å². The Morgan fingerprint density at radius 2 is 1.88 bits per heavy atom. The third kappa shape index (κ3) is 3.61. The zero-order valence-corrected chi connectivity index (χ0v) is 15.8. The van der Waals surface area contributed by atoms with Crippen LogP contribution in [0.4, 0.5) is 11.4 Å². The quantitative estimate of drug-likeness (QED) is 0.733.